The van der Waals surface area contributed by atoms with Crippen molar-refractivity contribution in [2.45, 2.75) is 25.0 Å². The third-order valence-corrected chi connectivity index (χ3v) is 3.66. The van der Waals surface area contributed by atoms with Crippen LogP contribution in [0.15, 0.2) is 42.7 Å². The van der Waals surface area contributed by atoms with Crippen LogP contribution in [0.2, 0.25) is 0 Å². The maximum Gasteiger partial charge on any atom is 0.124 e. The first-order valence-electron chi connectivity index (χ1n) is 7.21. The Hall–Kier alpha value is -2.16. The normalized spacial score (nSPS) is 19.3. The maximum absolute atomic E-state index is 9.34. The molecule has 0 spiro atoms. The molecule has 1 N–H and O–H groups in total. The smallest absolute Gasteiger partial charge is 0.124 e. The van der Waals surface area contributed by atoms with E-state index < -0.39 is 0 Å². The van der Waals surface area contributed by atoms with Gasteiger partial charge in [0.1, 0.15) is 6.04 Å². The van der Waals surface area contributed by atoms with Gasteiger partial charge in [-0.15, -0.1) is 0 Å². The Kier molecular flexibility index (Phi) is 4.29. The van der Waals surface area contributed by atoms with Gasteiger partial charge in [0.25, 0.3) is 0 Å². The van der Waals surface area contributed by atoms with E-state index in [1.807, 2.05) is 36.5 Å². The van der Waals surface area contributed by atoms with Gasteiger partial charge >= 0.3 is 0 Å². The van der Waals surface area contributed by atoms with Crippen molar-refractivity contribution in [3.05, 3.63) is 48.3 Å². The summed E-state index contributed by atoms with van der Waals surface area (Å²) >= 11 is 0. The van der Waals surface area contributed by atoms with Crippen molar-refractivity contribution in [1.29, 1.82) is 5.26 Å². The number of hydrogen-bond donors (Lipinski definition) is 1. The number of nitrogens with zero attached hydrogens (tertiary/aromatic N) is 3. The highest BCUT2D eigenvalue weighted by Gasteiger charge is 2.19. The molecule has 5 heteroatoms. The second kappa shape index (κ2) is 6.53. The van der Waals surface area contributed by atoms with Crippen molar-refractivity contribution in [3.8, 4) is 11.8 Å². The van der Waals surface area contributed by atoms with E-state index in [2.05, 4.69) is 16.5 Å². The highest BCUT2D eigenvalue weighted by Crippen LogP contribution is 2.16. The minimum Gasteiger partial charge on any atom is -0.377 e. The van der Waals surface area contributed by atoms with Gasteiger partial charge in [-0.1, -0.05) is 18.2 Å². The summed E-state index contributed by atoms with van der Waals surface area (Å²) in [5.41, 5.74) is 1.86. The van der Waals surface area contributed by atoms with Crippen LogP contribution < -0.4 is 5.32 Å². The van der Waals surface area contributed by atoms with Gasteiger partial charge in [0.2, 0.25) is 0 Å². The van der Waals surface area contributed by atoms with E-state index in [0.29, 0.717) is 6.54 Å². The number of nitriles is 1. The average Bonchev–Trinajstić information content (AvgIpc) is 3.20. The first-order valence-corrected chi connectivity index (χ1v) is 7.21. The van der Waals surface area contributed by atoms with Crippen molar-refractivity contribution in [1.82, 2.24) is 15.1 Å². The largest absolute Gasteiger partial charge is 0.377 e. The molecule has 2 atom stereocenters. The highest BCUT2D eigenvalue weighted by atomic mass is 16.5. The van der Waals surface area contributed by atoms with Crippen molar-refractivity contribution >= 4 is 0 Å². The summed E-state index contributed by atoms with van der Waals surface area (Å²) in [7, 11) is 0. The van der Waals surface area contributed by atoms with E-state index in [0.717, 1.165) is 30.7 Å². The zero-order valence-electron chi connectivity index (χ0n) is 11.8. The van der Waals surface area contributed by atoms with Crippen molar-refractivity contribution in [2.24, 2.45) is 0 Å². The third kappa shape index (κ3) is 3.30. The molecular weight excluding hydrogens is 264 g/mol. The molecule has 2 aromatic rings. The van der Waals surface area contributed by atoms with Gasteiger partial charge in [0.05, 0.1) is 24.1 Å². The fourth-order valence-corrected chi connectivity index (χ4v) is 2.50. The molecule has 0 radical (unpaired) electrons. The fourth-order valence-electron chi connectivity index (χ4n) is 2.50. The molecule has 21 heavy (non-hydrogen) atoms. The summed E-state index contributed by atoms with van der Waals surface area (Å²) in [6, 6.07) is 11.8. The second-order valence-corrected chi connectivity index (χ2v) is 5.16. The molecule has 108 valence electrons. The summed E-state index contributed by atoms with van der Waals surface area (Å²) < 4.78 is 7.35. The Balaban J connectivity index is 1.67. The lowest BCUT2D eigenvalue weighted by Crippen LogP contribution is -2.29. The van der Waals surface area contributed by atoms with Gasteiger partial charge < -0.3 is 4.74 Å². The quantitative estimate of drug-likeness (QED) is 0.913. The molecule has 1 fully saturated rings. The summed E-state index contributed by atoms with van der Waals surface area (Å²) in [5.74, 6) is 0. The predicted molar refractivity (Wildman–Crippen MR) is 78.9 cm³/mol. The second-order valence-electron chi connectivity index (χ2n) is 5.16. The van der Waals surface area contributed by atoms with Gasteiger partial charge in [-0.2, -0.15) is 10.4 Å². The summed E-state index contributed by atoms with van der Waals surface area (Å²) in [6.45, 7) is 1.53. The van der Waals surface area contributed by atoms with Gasteiger partial charge in [-0.25, -0.2) is 4.68 Å². The predicted octanol–water partition coefficient (Wildman–Crippen LogP) is 2.21. The van der Waals surface area contributed by atoms with Gasteiger partial charge in [0, 0.05) is 24.9 Å². The number of nitrogens with one attached hydrogen (secondary N) is 1. The average molecular weight is 282 g/mol. The van der Waals surface area contributed by atoms with Crippen LogP contribution in [-0.4, -0.2) is 29.0 Å². The van der Waals surface area contributed by atoms with Crippen LogP contribution in [0.5, 0.6) is 0 Å². The Morgan fingerprint density at radius 1 is 1.43 bits per heavy atom. The van der Waals surface area contributed by atoms with E-state index >= 15 is 0 Å². The molecule has 1 aromatic heterocycles. The molecule has 1 aromatic carbocycles. The standard InChI is InChI=1S/C16H18N4O/c17-9-16(18-11-15-7-4-8-21-15)13-10-19-20(12-13)14-5-2-1-3-6-14/h1-3,5-6,10,12,15-16,18H,4,7-8,11H2. The summed E-state index contributed by atoms with van der Waals surface area (Å²) in [4.78, 5) is 0. The maximum atomic E-state index is 9.34. The highest BCUT2D eigenvalue weighted by molar-refractivity contribution is 5.32. The van der Waals surface area contributed by atoms with E-state index in [-0.39, 0.29) is 12.1 Å². The zero-order valence-corrected chi connectivity index (χ0v) is 11.8. The van der Waals surface area contributed by atoms with Crippen molar-refractivity contribution in [2.75, 3.05) is 13.2 Å². The van der Waals surface area contributed by atoms with Crippen LogP contribution in [0, 0.1) is 11.3 Å². The molecule has 5 nitrogen and oxygen atoms in total. The Morgan fingerprint density at radius 3 is 3.00 bits per heavy atom. The number of para-hydroxylation sites is 1. The first kappa shape index (κ1) is 13.8. The van der Waals surface area contributed by atoms with Gasteiger partial charge in [-0.05, 0) is 25.0 Å². The van der Waals surface area contributed by atoms with E-state index in [1.165, 1.54) is 0 Å². The van der Waals surface area contributed by atoms with Crippen molar-refractivity contribution < 1.29 is 4.74 Å². The zero-order chi connectivity index (χ0) is 14.5. The van der Waals surface area contributed by atoms with Crippen LogP contribution in [0.4, 0.5) is 0 Å². The van der Waals surface area contributed by atoms with E-state index in [4.69, 9.17) is 4.74 Å². The van der Waals surface area contributed by atoms with Gasteiger partial charge in [0.15, 0.2) is 0 Å². The Bertz CT molecular complexity index is 611. The molecule has 0 bridgehead atoms. The number of ether oxygens (including phenoxy) is 1. The van der Waals surface area contributed by atoms with E-state index in [9.17, 15) is 5.26 Å². The molecule has 0 saturated carbocycles. The van der Waals surface area contributed by atoms with Crippen molar-refractivity contribution in [3.63, 3.8) is 0 Å². The lowest BCUT2D eigenvalue weighted by Gasteiger charge is -2.13. The number of rotatable bonds is 5. The molecule has 1 saturated heterocycles. The summed E-state index contributed by atoms with van der Waals surface area (Å²) in [6.07, 6.45) is 6.03. The van der Waals surface area contributed by atoms with Crippen LogP contribution >= 0.6 is 0 Å². The molecule has 2 unspecified atom stereocenters. The molecule has 0 aliphatic carbocycles. The number of benzene rings is 1. The molecular formula is C16H18N4O. The summed E-state index contributed by atoms with van der Waals surface area (Å²) in [5, 5.41) is 16.9. The van der Waals surface area contributed by atoms with E-state index in [1.54, 1.807) is 10.9 Å². The van der Waals surface area contributed by atoms with Crippen LogP contribution in [0.1, 0.15) is 24.4 Å². The molecule has 0 amide bonds. The SMILES string of the molecule is N#CC(NCC1CCCO1)c1cnn(-c2ccccc2)c1. The topological polar surface area (TPSA) is 62.9 Å². The number of hydrogen-bond acceptors (Lipinski definition) is 4. The Labute approximate surface area is 124 Å². The monoisotopic (exact) mass is 282 g/mol. The molecule has 2 heterocycles. The van der Waals surface area contributed by atoms with Crippen LogP contribution in [-0.2, 0) is 4.74 Å². The van der Waals surface area contributed by atoms with Crippen LogP contribution in [0.25, 0.3) is 5.69 Å². The lowest BCUT2D eigenvalue weighted by molar-refractivity contribution is 0.109. The molecule has 3 rings (SSSR count). The Morgan fingerprint density at radius 2 is 2.29 bits per heavy atom. The minimum atomic E-state index is -0.355. The minimum absolute atomic E-state index is 0.227. The fraction of sp³-hybridized carbons (Fsp3) is 0.375. The third-order valence-electron chi connectivity index (χ3n) is 3.66. The lowest BCUT2D eigenvalue weighted by atomic mass is 10.1. The number of aromatic nitrogens is 2. The van der Waals surface area contributed by atoms with Crippen LogP contribution in [0.3, 0.4) is 0 Å². The van der Waals surface area contributed by atoms with Gasteiger partial charge in [-0.3, -0.25) is 5.32 Å². The molecule has 1 aliphatic heterocycles. The first-order chi connectivity index (χ1) is 10.4. The molecule has 1 aliphatic rings.